The Morgan fingerprint density at radius 3 is 2.59 bits per heavy atom. The molecule has 1 atom stereocenters. The van der Waals surface area contributed by atoms with Gasteiger partial charge in [0, 0.05) is 10.9 Å². The minimum atomic E-state index is -1.18. The molecule has 0 aliphatic heterocycles. The lowest BCUT2D eigenvalue weighted by molar-refractivity contribution is 0.102. The molecule has 3 nitrogen and oxygen atoms in total. The zero-order valence-corrected chi connectivity index (χ0v) is 10.2. The molecule has 0 aromatic heterocycles. The van der Waals surface area contributed by atoms with Crippen molar-refractivity contribution in [1.29, 1.82) is 0 Å². The summed E-state index contributed by atoms with van der Waals surface area (Å²) in [7, 11) is 0. The topological polar surface area (TPSA) is 60.4 Å². The number of fused-ring (bicyclic) bond motifs is 1. The smallest absolute Gasteiger partial charge is 0.212 e. The summed E-state index contributed by atoms with van der Waals surface area (Å²) in [5, 5.41) is 11.1. The lowest BCUT2D eigenvalue weighted by atomic mass is 10.0. The summed E-state index contributed by atoms with van der Waals surface area (Å²) in [5.41, 5.74) is 0.427. The molecule has 88 valence electrons. The number of carbonyl (C=O) groups is 1. The average Bonchev–Trinajstić information content (AvgIpc) is 2.28. The zero-order valence-electron chi connectivity index (χ0n) is 9.34. The maximum atomic E-state index is 11.9. The molecule has 4 heteroatoms. The van der Waals surface area contributed by atoms with Crippen molar-refractivity contribution in [2.24, 2.45) is 0 Å². The predicted octanol–water partition coefficient (Wildman–Crippen LogP) is 2.11. The van der Waals surface area contributed by atoms with E-state index in [1.165, 1.54) is 6.26 Å². The third kappa shape index (κ3) is 2.43. The van der Waals surface area contributed by atoms with E-state index < -0.39 is 11.2 Å². The van der Waals surface area contributed by atoms with Gasteiger partial charge in [-0.25, -0.2) is 0 Å². The van der Waals surface area contributed by atoms with Gasteiger partial charge < -0.3 is 9.66 Å². The van der Waals surface area contributed by atoms with E-state index in [0.29, 0.717) is 10.9 Å². The van der Waals surface area contributed by atoms with Crippen LogP contribution < -0.4 is 0 Å². The summed E-state index contributed by atoms with van der Waals surface area (Å²) in [4.78, 5) is 11.9. The molecule has 0 spiro atoms. The fourth-order valence-electron chi connectivity index (χ4n) is 1.82. The number of aromatic hydroxyl groups is 1. The molecule has 0 fully saturated rings. The van der Waals surface area contributed by atoms with Crippen LogP contribution in [-0.2, 0) is 11.2 Å². The number of phenolic OH excluding ortho intramolecular Hbond substituents is 1. The number of phenols is 1. The van der Waals surface area contributed by atoms with E-state index in [1.54, 1.807) is 24.3 Å². The predicted molar refractivity (Wildman–Crippen MR) is 68.9 cm³/mol. The molecule has 0 bridgehead atoms. The molecule has 17 heavy (non-hydrogen) atoms. The van der Waals surface area contributed by atoms with Crippen LogP contribution >= 0.6 is 0 Å². The highest BCUT2D eigenvalue weighted by molar-refractivity contribution is 7.91. The lowest BCUT2D eigenvalue weighted by Gasteiger charge is -2.08. The fourth-order valence-corrected chi connectivity index (χ4v) is 2.34. The minimum Gasteiger partial charge on any atom is -0.616 e. The van der Waals surface area contributed by atoms with Crippen molar-refractivity contribution >= 4 is 27.7 Å². The third-order valence-corrected chi connectivity index (χ3v) is 3.19. The molecule has 1 unspecified atom stereocenters. The van der Waals surface area contributed by atoms with Crippen LogP contribution in [0.2, 0.25) is 0 Å². The molecule has 2 aromatic carbocycles. The van der Waals surface area contributed by atoms with Gasteiger partial charge in [0.2, 0.25) is 5.78 Å². The number of carbonyl (C=O) groups excluding carboxylic acids is 1. The third-order valence-electron chi connectivity index (χ3n) is 2.52. The standard InChI is InChI=1S/C13H12O3S/c1-17(16)8-12(15)10-6-2-4-9-5-3-7-11(14)13(9)10/h2-7,14H,8H2,1H3. The van der Waals surface area contributed by atoms with E-state index in [0.717, 1.165) is 5.39 Å². The summed E-state index contributed by atoms with van der Waals surface area (Å²) >= 11 is -1.18. The van der Waals surface area contributed by atoms with E-state index >= 15 is 0 Å². The van der Waals surface area contributed by atoms with Gasteiger partial charge in [-0.1, -0.05) is 30.3 Å². The molecule has 0 aliphatic rings. The average molecular weight is 248 g/mol. The zero-order chi connectivity index (χ0) is 12.4. The largest absolute Gasteiger partial charge is 0.616 e. The van der Waals surface area contributed by atoms with Crippen LogP contribution in [0.3, 0.4) is 0 Å². The number of hydrogen-bond donors (Lipinski definition) is 1. The second kappa shape index (κ2) is 4.77. The van der Waals surface area contributed by atoms with Crippen LogP contribution in [0.1, 0.15) is 10.4 Å². The second-order valence-corrected chi connectivity index (χ2v) is 5.26. The van der Waals surface area contributed by atoms with Crippen molar-refractivity contribution < 1.29 is 14.5 Å². The van der Waals surface area contributed by atoms with Crippen molar-refractivity contribution in [2.45, 2.75) is 0 Å². The van der Waals surface area contributed by atoms with Gasteiger partial charge in [-0.3, -0.25) is 4.79 Å². The van der Waals surface area contributed by atoms with E-state index in [9.17, 15) is 14.5 Å². The van der Waals surface area contributed by atoms with E-state index in [2.05, 4.69) is 0 Å². The Kier molecular flexibility index (Phi) is 3.36. The molecule has 0 heterocycles. The van der Waals surface area contributed by atoms with Gasteiger partial charge in [-0.2, -0.15) is 0 Å². The molecule has 1 N–H and O–H groups in total. The molecule has 0 radical (unpaired) electrons. The highest BCUT2D eigenvalue weighted by Gasteiger charge is 2.16. The van der Waals surface area contributed by atoms with Crippen LogP contribution in [0, 0.1) is 0 Å². The van der Waals surface area contributed by atoms with Crippen molar-refractivity contribution in [3.63, 3.8) is 0 Å². The molecular weight excluding hydrogens is 236 g/mol. The summed E-state index contributed by atoms with van der Waals surface area (Å²) in [6.45, 7) is 0. The quantitative estimate of drug-likeness (QED) is 0.668. The van der Waals surface area contributed by atoms with Crippen molar-refractivity contribution in [1.82, 2.24) is 0 Å². The van der Waals surface area contributed by atoms with E-state index in [-0.39, 0.29) is 17.3 Å². The first kappa shape index (κ1) is 12.0. The van der Waals surface area contributed by atoms with Crippen LogP contribution in [0.5, 0.6) is 5.75 Å². The minimum absolute atomic E-state index is 0.0204. The first-order chi connectivity index (χ1) is 8.09. The first-order valence-corrected chi connectivity index (χ1v) is 6.86. The highest BCUT2D eigenvalue weighted by Crippen LogP contribution is 2.28. The van der Waals surface area contributed by atoms with Gasteiger partial charge in [0.25, 0.3) is 0 Å². The monoisotopic (exact) mass is 248 g/mol. The van der Waals surface area contributed by atoms with Crippen molar-refractivity contribution in [3.8, 4) is 5.75 Å². The van der Waals surface area contributed by atoms with Gasteiger partial charge in [0.05, 0.1) is 6.26 Å². The molecule has 0 amide bonds. The van der Waals surface area contributed by atoms with Crippen LogP contribution in [0.15, 0.2) is 36.4 Å². The van der Waals surface area contributed by atoms with Crippen LogP contribution in [0.25, 0.3) is 10.8 Å². The molecule has 0 aliphatic carbocycles. The second-order valence-electron chi connectivity index (χ2n) is 3.82. The van der Waals surface area contributed by atoms with Gasteiger partial charge in [0.15, 0.2) is 5.75 Å². The van der Waals surface area contributed by atoms with Crippen LogP contribution in [-0.4, -0.2) is 27.5 Å². The first-order valence-electron chi connectivity index (χ1n) is 5.13. The maximum Gasteiger partial charge on any atom is 0.212 e. The Bertz CT molecular complexity index is 558. The Morgan fingerprint density at radius 2 is 1.94 bits per heavy atom. The highest BCUT2D eigenvalue weighted by atomic mass is 32.2. The molecule has 2 aromatic rings. The summed E-state index contributed by atoms with van der Waals surface area (Å²) < 4.78 is 11.1. The van der Waals surface area contributed by atoms with Gasteiger partial charge >= 0.3 is 0 Å². The van der Waals surface area contributed by atoms with E-state index in [4.69, 9.17) is 0 Å². The van der Waals surface area contributed by atoms with Gasteiger partial charge in [0.1, 0.15) is 5.75 Å². The Balaban J connectivity index is 2.58. The molecule has 0 saturated carbocycles. The van der Waals surface area contributed by atoms with Crippen molar-refractivity contribution in [2.75, 3.05) is 12.0 Å². The van der Waals surface area contributed by atoms with Gasteiger partial charge in [-0.15, -0.1) is 0 Å². The van der Waals surface area contributed by atoms with Crippen molar-refractivity contribution in [3.05, 3.63) is 42.0 Å². The van der Waals surface area contributed by atoms with Crippen LogP contribution in [0.4, 0.5) is 0 Å². The number of ketones is 1. The maximum absolute atomic E-state index is 11.9. The molecular formula is C13H12O3S. The number of Topliss-reactive ketones (excluding diaryl/α,β-unsaturated/α-hetero) is 1. The summed E-state index contributed by atoms with van der Waals surface area (Å²) in [6, 6.07) is 10.3. The Labute approximate surface area is 102 Å². The summed E-state index contributed by atoms with van der Waals surface area (Å²) in [6.07, 6.45) is 1.49. The van der Waals surface area contributed by atoms with Gasteiger partial charge in [-0.05, 0) is 22.6 Å². The Hall–Kier alpha value is -1.52. The number of hydrogen-bond acceptors (Lipinski definition) is 3. The molecule has 2 rings (SSSR count). The van der Waals surface area contributed by atoms with E-state index in [1.807, 2.05) is 12.1 Å². The summed E-state index contributed by atoms with van der Waals surface area (Å²) in [5.74, 6) is -0.153. The number of rotatable bonds is 3. The normalized spacial score (nSPS) is 12.6. The lowest BCUT2D eigenvalue weighted by Crippen LogP contribution is -2.14. The molecule has 0 saturated heterocycles. The SMILES string of the molecule is C[S+]([O-])CC(=O)c1cccc2cccc(O)c12. The Morgan fingerprint density at radius 1 is 1.29 bits per heavy atom. The number of benzene rings is 2. The fraction of sp³-hybridized carbons (Fsp3) is 0.154.